The number of hydrogen-bond donors (Lipinski definition) is 0. The Labute approximate surface area is 159 Å². The molecule has 2 fully saturated rings. The van der Waals surface area contributed by atoms with Crippen LogP contribution < -0.4 is 4.74 Å². The molecular formula is C20H27BrN2O2. The number of carbonyl (C=O) groups excluding carboxylic acids is 1. The van der Waals surface area contributed by atoms with E-state index in [4.69, 9.17) is 4.74 Å². The molecule has 2 aliphatic rings. The van der Waals surface area contributed by atoms with E-state index < -0.39 is 0 Å². The van der Waals surface area contributed by atoms with Crippen LogP contribution in [0.3, 0.4) is 0 Å². The van der Waals surface area contributed by atoms with Gasteiger partial charge in [-0.15, -0.1) is 0 Å². The van der Waals surface area contributed by atoms with Crippen molar-refractivity contribution >= 4 is 27.9 Å². The quantitative estimate of drug-likeness (QED) is 0.693. The number of likely N-dealkylation sites (tertiary alicyclic amines) is 2. The second kappa shape index (κ2) is 8.86. The molecule has 0 radical (unpaired) electrons. The van der Waals surface area contributed by atoms with Gasteiger partial charge in [-0.05, 0) is 70.0 Å². The van der Waals surface area contributed by atoms with Gasteiger partial charge in [0.1, 0.15) is 5.75 Å². The number of nitrogens with zero attached hydrogens (tertiary/aromatic N) is 2. The van der Waals surface area contributed by atoms with Crippen molar-refractivity contribution in [2.24, 2.45) is 0 Å². The van der Waals surface area contributed by atoms with Crippen LogP contribution in [0, 0.1) is 0 Å². The summed E-state index contributed by atoms with van der Waals surface area (Å²) in [7, 11) is 0. The van der Waals surface area contributed by atoms with Gasteiger partial charge in [0.25, 0.3) is 0 Å². The molecule has 4 nitrogen and oxygen atoms in total. The minimum atomic E-state index is 0.0993. The summed E-state index contributed by atoms with van der Waals surface area (Å²) < 4.78 is 6.62. The van der Waals surface area contributed by atoms with E-state index in [2.05, 4.69) is 20.8 Å². The van der Waals surface area contributed by atoms with Gasteiger partial charge in [0, 0.05) is 35.2 Å². The van der Waals surface area contributed by atoms with Gasteiger partial charge in [0.15, 0.2) is 0 Å². The van der Waals surface area contributed by atoms with Gasteiger partial charge < -0.3 is 14.5 Å². The third-order valence-corrected chi connectivity index (χ3v) is 5.60. The average molecular weight is 407 g/mol. The second-order valence-corrected chi connectivity index (χ2v) is 7.66. The first kappa shape index (κ1) is 18.5. The lowest BCUT2D eigenvalue weighted by Gasteiger charge is -2.36. The summed E-state index contributed by atoms with van der Waals surface area (Å²) in [4.78, 5) is 17.1. The molecule has 0 saturated carbocycles. The number of hydrogen-bond acceptors (Lipinski definition) is 3. The lowest BCUT2D eigenvalue weighted by atomic mass is 10.0. The van der Waals surface area contributed by atoms with Crippen LogP contribution in [0.25, 0.3) is 6.08 Å². The summed E-state index contributed by atoms with van der Waals surface area (Å²) in [6, 6.07) is 6.53. The number of carbonyl (C=O) groups is 1. The zero-order valence-electron chi connectivity index (χ0n) is 14.9. The molecule has 0 N–H and O–H groups in total. The molecule has 3 rings (SSSR count). The highest BCUT2D eigenvalue weighted by atomic mass is 79.9. The Morgan fingerprint density at radius 2 is 1.96 bits per heavy atom. The second-order valence-electron chi connectivity index (χ2n) is 6.75. The Bertz CT molecular complexity index is 618. The maximum atomic E-state index is 12.5. The molecule has 0 spiro atoms. The smallest absolute Gasteiger partial charge is 0.246 e. The predicted molar refractivity (Wildman–Crippen MR) is 105 cm³/mol. The number of halogens is 1. The van der Waals surface area contributed by atoms with Crippen LogP contribution in [0.2, 0.25) is 0 Å². The SMILES string of the molecule is CCOc1ccc(Br)cc1C=CC(=O)N1CCC(N2CCCC2)CC1. The Hall–Kier alpha value is -1.33. The molecule has 25 heavy (non-hydrogen) atoms. The van der Waals surface area contributed by atoms with E-state index >= 15 is 0 Å². The van der Waals surface area contributed by atoms with Crippen LogP contribution >= 0.6 is 15.9 Å². The largest absolute Gasteiger partial charge is 0.493 e. The summed E-state index contributed by atoms with van der Waals surface area (Å²) in [6.07, 6.45) is 8.40. The molecule has 2 heterocycles. The Morgan fingerprint density at radius 1 is 1.24 bits per heavy atom. The molecule has 1 aromatic rings. The Balaban J connectivity index is 1.57. The predicted octanol–water partition coefficient (Wildman–Crippen LogP) is 3.95. The number of piperidine rings is 1. The highest BCUT2D eigenvalue weighted by Gasteiger charge is 2.27. The van der Waals surface area contributed by atoms with Crippen LogP contribution in [0.1, 0.15) is 38.2 Å². The van der Waals surface area contributed by atoms with Crippen LogP contribution in [-0.2, 0) is 4.79 Å². The standard InChI is InChI=1S/C20H27BrN2O2/c1-2-25-19-7-6-17(21)15-16(19)5-8-20(24)23-13-9-18(10-14-23)22-11-3-4-12-22/h5-8,15,18H,2-4,9-14H2,1H3. The first-order chi connectivity index (χ1) is 12.2. The monoisotopic (exact) mass is 406 g/mol. The zero-order valence-corrected chi connectivity index (χ0v) is 16.5. The zero-order chi connectivity index (χ0) is 17.6. The van der Waals surface area contributed by atoms with E-state index in [-0.39, 0.29) is 5.91 Å². The summed E-state index contributed by atoms with van der Waals surface area (Å²) in [5.41, 5.74) is 0.927. The van der Waals surface area contributed by atoms with Crippen LogP contribution in [0.15, 0.2) is 28.7 Å². The van der Waals surface area contributed by atoms with Crippen LogP contribution in [-0.4, -0.2) is 54.5 Å². The van der Waals surface area contributed by atoms with Gasteiger partial charge in [-0.2, -0.15) is 0 Å². The fraction of sp³-hybridized carbons (Fsp3) is 0.550. The lowest BCUT2D eigenvalue weighted by Crippen LogP contribution is -2.45. The lowest BCUT2D eigenvalue weighted by molar-refractivity contribution is -0.127. The highest BCUT2D eigenvalue weighted by molar-refractivity contribution is 9.10. The number of ether oxygens (including phenoxy) is 1. The van der Waals surface area contributed by atoms with Crippen LogP contribution in [0.5, 0.6) is 5.75 Å². The summed E-state index contributed by atoms with van der Waals surface area (Å²) in [5.74, 6) is 0.907. The summed E-state index contributed by atoms with van der Waals surface area (Å²) in [6.45, 7) is 6.77. The number of rotatable bonds is 5. The van der Waals surface area contributed by atoms with Crippen molar-refractivity contribution in [2.75, 3.05) is 32.8 Å². The summed E-state index contributed by atoms with van der Waals surface area (Å²) in [5, 5.41) is 0. The van der Waals surface area contributed by atoms with Crippen molar-refractivity contribution in [3.63, 3.8) is 0 Å². The van der Waals surface area contributed by atoms with Crippen molar-refractivity contribution < 1.29 is 9.53 Å². The van der Waals surface area contributed by atoms with E-state index in [9.17, 15) is 4.79 Å². The molecule has 2 saturated heterocycles. The third-order valence-electron chi connectivity index (χ3n) is 5.11. The van der Waals surface area contributed by atoms with Crippen molar-refractivity contribution in [1.29, 1.82) is 0 Å². The van der Waals surface area contributed by atoms with Gasteiger partial charge in [0.2, 0.25) is 5.91 Å². The molecule has 0 atom stereocenters. The van der Waals surface area contributed by atoms with E-state index in [0.717, 1.165) is 41.7 Å². The maximum absolute atomic E-state index is 12.5. The van der Waals surface area contributed by atoms with Crippen molar-refractivity contribution in [2.45, 2.75) is 38.6 Å². The normalized spacial score (nSPS) is 19.7. The van der Waals surface area contributed by atoms with Gasteiger partial charge in [0.05, 0.1) is 6.61 Å². The number of benzene rings is 1. The van der Waals surface area contributed by atoms with E-state index in [1.165, 1.54) is 25.9 Å². The van der Waals surface area contributed by atoms with Gasteiger partial charge in [-0.3, -0.25) is 4.79 Å². The molecular weight excluding hydrogens is 380 g/mol. The van der Waals surface area contributed by atoms with Crippen molar-refractivity contribution in [3.8, 4) is 5.75 Å². The first-order valence-electron chi connectivity index (χ1n) is 9.30. The van der Waals surface area contributed by atoms with Crippen molar-refractivity contribution in [1.82, 2.24) is 9.80 Å². The minimum Gasteiger partial charge on any atom is -0.493 e. The molecule has 0 unspecified atom stereocenters. The molecule has 136 valence electrons. The highest BCUT2D eigenvalue weighted by Crippen LogP contribution is 2.25. The van der Waals surface area contributed by atoms with Gasteiger partial charge in [-0.25, -0.2) is 0 Å². The topological polar surface area (TPSA) is 32.8 Å². The molecule has 0 aromatic heterocycles. The molecule has 0 bridgehead atoms. The van der Waals surface area contributed by atoms with E-state index in [1.54, 1.807) is 6.08 Å². The molecule has 5 heteroatoms. The van der Waals surface area contributed by atoms with Gasteiger partial charge in [-0.1, -0.05) is 15.9 Å². The minimum absolute atomic E-state index is 0.0993. The van der Waals surface area contributed by atoms with Crippen molar-refractivity contribution in [3.05, 3.63) is 34.3 Å². The summed E-state index contributed by atoms with van der Waals surface area (Å²) >= 11 is 3.48. The number of amides is 1. The average Bonchev–Trinajstić information content (AvgIpc) is 3.16. The molecule has 0 aliphatic carbocycles. The fourth-order valence-electron chi connectivity index (χ4n) is 3.76. The first-order valence-corrected chi connectivity index (χ1v) is 10.1. The molecule has 2 aliphatic heterocycles. The fourth-order valence-corrected chi connectivity index (χ4v) is 4.14. The maximum Gasteiger partial charge on any atom is 0.246 e. The Kier molecular flexibility index (Phi) is 6.54. The van der Waals surface area contributed by atoms with Crippen LogP contribution in [0.4, 0.5) is 0 Å². The molecule has 1 aromatic carbocycles. The third kappa shape index (κ3) is 4.85. The van der Waals surface area contributed by atoms with Gasteiger partial charge >= 0.3 is 0 Å². The van der Waals surface area contributed by atoms with E-state index in [1.807, 2.05) is 36.1 Å². The van der Waals surface area contributed by atoms with E-state index in [0.29, 0.717) is 12.6 Å². The Morgan fingerprint density at radius 3 is 2.64 bits per heavy atom. The molecule has 1 amide bonds.